The Bertz CT molecular complexity index is 667. The zero-order valence-electron chi connectivity index (χ0n) is 11.7. The van der Waals surface area contributed by atoms with Gasteiger partial charge >= 0.3 is 0 Å². The summed E-state index contributed by atoms with van der Waals surface area (Å²) in [6.45, 7) is 1.20. The number of nitro benzene ring substituents is 1. The lowest BCUT2D eigenvalue weighted by Crippen LogP contribution is -2.28. The summed E-state index contributed by atoms with van der Waals surface area (Å²) in [6, 6.07) is 3.44. The van der Waals surface area contributed by atoms with Crippen LogP contribution in [0.4, 0.5) is 15.8 Å². The van der Waals surface area contributed by atoms with Crippen LogP contribution in [-0.4, -0.2) is 50.6 Å². The molecule has 8 nitrogen and oxygen atoms in total. The highest BCUT2D eigenvalue weighted by atomic mass is 32.2. The maximum atomic E-state index is 12.3. The Labute approximate surface area is 127 Å². The minimum Gasteiger partial charge on any atom is -0.375 e. The van der Waals surface area contributed by atoms with E-state index in [1.807, 2.05) is 4.90 Å². The fraction of sp³-hybridized carbons (Fsp3) is 0.500. The highest BCUT2D eigenvalue weighted by Gasteiger charge is 2.25. The van der Waals surface area contributed by atoms with Crippen molar-refractivity contribution in [2.45, 2.75) is 17.4 Å². The smallest absolute Gasteiger partial charge is 0.293 e. The lowest BCUT2D eigenvalue weighted by Gasteiger charge is -2.16. The van der Waals surface area contributed by atoms with Crippen LogP contribution < -0.4 is 10.5 Å². The molecule has 122 valence electrons. The van der Waals surface area contributed by atoms with Crippen molar-refractivity contribution in [1.82, 2.24) is 4.90 Å². The standard InChI is InChI=1S/C12H17FN4O4S/c13-4-6-16-5-3-9(8-16)15-11-2-1-10(22(14,20)21)7-12(11)17(18)19/h1-2,7,9,15H,3-6,8H2,(H2,14,20,21)/t9-/m0/s1. The number of sulfonamides is 1. The van der Waals surface area contributed by atoms with Crippen LogP contribution in [-0.2, 0) is 10.0 Å². The van der Waals surface area contributed by atoms with E-state index in [1.54, 1.807) is 0 Å². The van der Waals surface area contributed by atoms with E-state index in [-0.39, 0.29) is 22.3 Å². The van der Waals surface area contributed by atoms with Gasteiger partial charge in [0.1, 0.15) is 12.4 Å². The van der Waals surface area contributed by atoms with Gasteiger partial charge in [0.2, 0.25) is 10.0 Å². The predicted octanol–water partition coefficient (Wildman–Crippen LogP) is 0.698. The number of nitrogens with zero attached hydrogens (tertiary/aromatic N) is 2. The Morgan fingerprint density at radius 3 is 2.82 bits per heavy atom. The first-order chi connectivity index (χ1) is 10.3. The van der Waals surface area contributed by atoms with Gasteiger partial charge in [-0.15, -0.1) is 0 Å². The van der Waals surface area contributed by atoms with E-state index in [9.17, 15) is 22.9 Å². The number of nitrogens with two attached hydrogens (primary N) is 1. The molecule has 0 aliphatic carbocycles. The van der Waals surface area contributed by atoms with E-state index < -0.39 is 21.6 Å². The highest BCUT2D eigenvalue weighted by Crippen LogP contribution is 2.29. The van der Waals surface area contributed by atoms with Crippen LogP contribution in [0.5, 0.6) is 0 Å². The molecule has 0 saturated carbocycles. The summed E-state index contributed by atoms with van der Waals surface area (Å²) < 4.78 is 34.8. The van der Waals surface area contributed by atoms with E-state index in [4.69, 9.17) is 5.14 Å². The second kappa shape index (κ2) is 6.55. The first-order valence-electron chi connectivity index (χ1n) is 6.67. The number of rotatable bonds is 6. The Morgan fingerprint density at radius 2 is 2.23 bits per heavy atom. The molecule has 1 aromatic carbocycles. The maximum absolute atomic E-state index is 12.3. The number of halogens is 1. The van der Waals surface area contributed by atoms with Crippen LogP contribution in [0, 0.1) is 10.1 Å². The average molecular weight is 332 g/mol. The predicted molar refractivity (Wildman–Crippen MR) is 78.9 cm³/mol. The van der Waals surface area contributed by atoms with E-state index >= 15 is 0 Å². The van der Waals surface area contributed by atoms with Crippen molar-refractivity contribution in [1.29, 1.82) is 0 Å². The minimum absolute atomic E-state index is 0.0504. The lowest BCUT2D eigenvalue weighted by molar-refractivity contribution is -0.384. The van der Waals surface area contributed by atoms with Crippen molar-refractivity contribution >= 4 is 21.4 Å². The Hall–Kier alpha value is -1.78. The zero-order valence-corrected chi connectivity index (χ0v) is 12.6. The van der Waals surface area contributed by atoms with Gasteiger partial charge in [0.25, 0.3) is 5.69 Å². The molecule has 0 radical (unpaired) electrons. The zero-order chi connectivity index (χ0) is 16.3. The Balaban J connectivity index is 2.19. The molecular weight excluding hydrogens is 315 g/mol. The number of alkyl halides is 1. The summed E-state index contributed by atoms with van der Waals surface area (Å²) in [7, 11) is -4.00. The molecule has 0 amide bonds. The molecule has 1 fully saturated rings. The number of hydrogen-bond donors (Lipinski definition) is 2. The van der Waals surface area contributed by atoms with Crippen molar-refractivity contribution in [3.8, 4) is 0 Å². The molecule has 0 spiro atoms. The number of hydrogen-bond acceptors (Lipinski definition) is 6. The summed E-state index contributed by atoms with van der Waals surface area (Å²) in [6.07, 6.45) is 0.730. The van der Waals surface area contributed by atoms with Gasteiger partial charge in [-0.1, -0.05) is 0 Å². The van der Waals surface area contributed by atoms with Gasteiger partial charge < -0.3 is 5.32 Å². The molecule has 1 atom stereocenters. The summed E-state index contributed by atoms with van der Waals surface area (Å²) in [5, 5.41) is 19.1. The number of nitrogens with one attached hydrogen (secondary N) is 1. The van der Waals surface area contributed by atoms with E-state index in [2.05, 4.69) is 5.32 Å². The largest absolute Gasteiger partial charge is 0.375 e. The van der Waals surface area contributed by atoms with Gasteiger partial charge in [0, 0.05) is 31.7 Å². The van der Waals surface area contributed by atoms with Crippen LogP contribution in [0.25, 0.3) is 0 Å². The second-order valence-electron chi connectivity index (χ2n) is 5.10. The molecule has 22 heavy (non-hydrogen) atoms. The third-order valence-electron chi connectivity index (χ3n) is 3.53. The second-order valence-corrected chi connectivity index (χ2v) is 6.66. The van der Waals surface area contributed by atoms with Gasteiger partial charge in [-0.05, 0) is 18.6 Å². The molecule has 2 rings (SSSR count). The molecular formula is C12H17FN4O4S. The van der Waals surface area contributed by atoms with Gasteiger partial charge in [0.15, 0.2) is 0 Å². The number of likely N-dealkylation sites (tertiary alicyclic amines) is 1. The number of primary sulfonamides is 1. The normalized spacial score (nSPS) is 19.3. The SMILES string of the molecule is NS(=O)(=O)c1ccc(N[C@H]2CCN(CCF)C2)c([N+](=O)[O-])c1. The summed E-state index contributed by atoms with van der Waals surface area (Å²) in [5.41, 5.74) is -0.125. The van der Waals surface area contributed by atoms with Gasteiger partial charge in [-0.25, -0.2) is 17.9 Å². The molecule has 1 aliphatic heterocycles. The van der Waals surface area contributed by atoms with Crippen molar-refractivity contribution < 1.29 is 17.7 Å². The molecule has 0 unspecified atom stereocenters. The number of benzene rings is 1. The van der Waals surface area contributed by atoms with Crippen molar-refractivity contribution in [2.75, 3.05) is 31.6 Å². The molecule has 1 saturated heterocycles. The first-order valence-corrected chi connectivity index (χ1v) is 8.22. The quantitative estimate of drug-likeness (QED) is 0.584. The summed E-state index contributed by atoms with van der Waals surface area (Å²) in [5.74, 6) is 0. The van der Waals surface area contributed by atoms with Gasteiger partial charge in [0.05, 0.1) is 9.82 Å². The van der Waals surface area contributed by atoms with Crippen LogP contribution in [0.1, 0.15) is 6.42 Å². The van der Waals surface area contributed by atoms with E-state index in [0.29, 0.717) is 19.6 Å². The topological polar surface area (TPSA) is 119 Å². The minimum atomic E-state index is -4.00. The highest BCUT2D eigenvalue weighted by molar-refractivity contribution is 7.89. The molecule has 1 heterocycles. The average Bonchev–Trinajstić information content (AvgIpc) is 2.85. The van der Waals surface area contributed by atoms with Crippen molar-refractivity contribution in [2.24, 2.45) is 5.14 Å². The Kier molecular flexibility index (Phi) is 4.94. The molecule has 0 aromatic heterocycles. The fourth-order valence-electron chi connectivity index (χ4n) is 2.45. The molecule has 1 aliphatic rings. The van der Waals surface area contributed by atoms with Crippen molar-refractivity contribution in [3.63, 3.8) is 0 Å². The maximum Gasteiger partial charge on any atom is 0.293 e. The Morgan fingerprint density at radius 1 is 1.50 bits per heavy atom. The van der Waals surface area contributed by atoms with Crippen LogP contribution >= 0.6 is 0 Å². The third kappa shape index (κ3) is 3.90. The number of nitro groups is 1. The van der Waals surface area contributed by atoms with Crippen molar-refractivity contribution in [3.05, 3.63) is 28.3 Å². The molecule has 0 bridgehead atoms. The van der Waals surface area contributed by atoms with Crippen LogP contribution in [0.15, 0.2) is 23.1 Å². The molecule has 10 heteroatoms. The van der Waals surface area contributed by atoms with Crippen LogP contribution in [0.3, 0.4) is 0 Å². The first kappa shape index (κ1) is 16.6. The fourth-order valence-corrected chi connectivity index (χ4v) is 2.99. The number of anilines is 1. The third-order valence-corrected chi connectivity index (χ3v) is 4.44. The molecule has 1 aromatic rings. The molecule has 3 N–H and O–H groups in total. The monoisotopic (exact) mass is 332 g/mol. The van der Waals surface area contributed by atoms with E-state index in [1.165, 1.54) is 12.1 Å². The summed E-state index contributed by atoms with van der Waals surface area (Å²) >= 11 is 0. The van der Waals surface area contributed by atoms with Gasteiger partial charge in [-0.3, -0.25) is 15.0 Å². The lowest BCUT2D eigenvalue weighted by atomic mass is 10.2. The van der Waals surface area contributed by atoms with Gasteiger partial charge in [-0.2, -0.15) is 0 Å². The van der Waals surface area contributed by atoms with E-state index in [0.717, 1.165) is 12.5 Å². The summed E-state index contributed by atoms with van der Waals surface area (Å²) in [4.78, 5) is 12.1. The van der Waals surface area contributed by atoms with Crippen LogP contribution in [0.2, 0.25) is 0 Å².